The van der Waals surface area contributed by atoms with Gasteiger partial charge in [-0.25, -0.2) is 13.8 Å². The molecule has 3 rings (SSSR count). The monoisotopic (exact) mass is 333 g/mol. The van der Waals surface area contributed by atoms with Crippen molar-refractivity contribution in [3.63, 3.8) is 0 Å². The number of rotatable bonds is 3. The van der Waals surface area contributed by atoms with E-state index in [-0.39, 0.29) is 10.8 Å². The van der Waals surface area contributed by atoms with E-state index in [0.717, 1.165) is 12.1 Å². The SMILES string of the molecule is O=C(C=Cc1c(Cl)nc2ccccn12)Nc1ccc(F)cc1F. The second-order valence-corrected chi connectivity index (χ2v) is 5.02. The molecule has 0 aliphatic heterocycles. The summed E-state index contributed by atoms with van der Waals surface area (Å²) in [6, 6.07) is 8.30. The number of anilines is 1. The van der Waals surface area contributed by atoms with E-state index in [2.05, 4.69) is 10.3 Å². The number of hydrogen-bond donors (Lipinski definition) is 1. The first-order valence-electron chi connectivity index (χ1n) is 6.61. The molecule has 4 nitrogen and oxygen atoms in total. The Kier molecular flexibility index (Phi) is 4.08. The fourth-order valence-electron chi connectivity index (χ4n) is 2.06. The number of hydrogen-bond acceptors (Lipinski definition) is 2. The predicted octanol–water partition coefficient (Wildman–Crippen LogP) is 3.92. The second kappa shape index (κ2) is 6.18. The number of carbonyl (C=O) groups excluding carboxylic acids is 1. The van der Waals surface area contributed by atoms with Crippen molar-refractivity contribution in [2.75, 3.05) is 5.32 Å². The van der Waals surface area contributed by atoms with E-state index in [1.54, 1.807) is 22.7 Å². The number of nitrogens with one attached hydrogen (secondary N) is 1. The number of carbonyl (C=O) groups is 1. The van der Waals surface area contributed by atoms with E-state index in [4.69, 9.17) is 11.6 Å². The first kappa shape index (κ1) is 15.2. The third-order valence-electron chi connectivity index (χ3n) is 3.10. The highest BCUT2D eigenvalue weighted by molar-refractivity contribution is 6.31. The Bertz CT molecular complexity index is 921. The fourth-order valence-corrected chi connectivity index (χ4v) is 2.30. The topological polar surface area (TPSA) is 46.4 Å². The van der Waals surface area contributed by atoms with E-state index in [0.29, 0.717) is 17.4 Å². The lowest BCUT2D eigenvalue weighted by atomic mass is 10.3. The average Bonchev–Trinajstić information content (AvgIpc) is 2.83. The summed E-state index contributed by atoms with van der Waals surface area (Å²) in [7, 11) is 0. The molecule has 0 saturated heterocycles. The molecular formula is C16H10ClF2N3O. The second-order valence-electron chi connectivity index (χ2n) is 4.66. The minimum Gasteiger partial charge on any atom is -0.320 e. The Morgan fingerprint density at radius 2 is 2.09 bits per heavy atom. The van der Waals surface area contributed by atoms with E-state index in [1.165, 1.54) is 12.2 Å². The molecule has 0 unspecified atom stereocenters. The van der Waals surface area contributed by atoms with Crippen LogP contribution >= 0.6 is 11.6 Å². The van der Waals surface area contributed by atoms with Gasteiger partial charge in [-0.15, -0.1) is 0 Å². The third-order valence-corrected chi connectivity index (χ3v) is 3.38. The third kappa shape index (κ3) is 3.22. The number of amides is 1. The number of aromatic nitrogens is 2. The van der Waals surface area contributed by atoms with E-state index >= 15 is 0 Å². The Morgan fingerprint density at radius 3 is 2.87 bits per heavy atom. The number of fused-ring (bicyclic) bond motifs is 1. The van der Waals surface area contributed by atoms with Crippen LogP contribution in [0.25, 0.3) is 11.7 Å². The highest BCUT2D eigenvalue weighted by Crippen LogP contribution is 2.19. The van der Waals surface area contributed by atoms with Gasteiger partial charge in [0.1, 0.15) is 17.3 Å². The largest absolute Gasteiger partial charge is 0.320 e. The summed E-state index contributed by atoms with van der Waals surface area (Å²) in [4.78, 5) is 16.0. The van der Waals surface area contributed by atoms with Crippen LogP contribution in [0.4, 0.5) is 14.5 Å². The molecule has 0 saturated carbocycles. The lowest BCUT2D eigenvalue weighted by Crippen LogP contribution is -2.09. The minimum atomic E-state index is -0.848. The normalized spacial score (nSPS) is 11.3. The molecule has 23 heavy (non-hydrogen) atoms. The molecule has 0 aliphatic carbocycles. The molecule has 0 aliphatic rings. The Hall–Kier alpha value is -2.73. The summed E-state index contributed by atoms with van der Waals surface area (Å²) in [5.41, 5.74) is 1.06. The van der Waals surface area contributed by atoms with E-state index in [9.17, 15) is 13.6 Å². The van der Waals surface area contributed by atoms with Crippen LogP contribution in [0.5, 0.6) is 0 Å². The van der Waals surface area contributed by atoms with Gasteiger partial charge >= 0.3 is 0 Å². The van der Waals surface area contributed by atoms with Crippen molar-refractivity contribution in [3.05, 3.63) is 71.2 Å². The van der Waals surface area contributed by atoms with Gasteiger partial charge < -0.3 is 5.32 Å². The van der Waals surface area contributed by atoms with Gasteiger partial charge in [0.25, 0.3) is 0 Å². The van der Waals surface area contributed by atoms with Crippen LogP contribution in [0, 0.1) is 11.6 Å². The smallest absolute Gasteiger partial charge is 0.248 e. The summed E-state index contributed by atoms with van der Waals surface area (Å²) >= 11 is 6.04. The zero-order valence-electron chi connectivity index (χ0n) is 11.6. The molecule has 1 N–H and O–H groups in total. The molecule has 2 heterocycles. The molecule has 0 atom stereocenters. The van der Waals surface area contributed by atoms with Gasteiger partial charge in [0, 0.05) is 18.3 Å². The fraction of sp³-hybridized carbons (Fsp3) is 0. The van der Waals surface area contributed by atoms with Gasteiger partial charge in [0.2, 0.25) is 5.91 Å². The van der Waals surface area contributed by atoms with Crippen molar-refractivity contribution in [1.82, 2.24) is 9.38 Å². The Balaban J connectivity index is 1.81. The first-order chi connectivity index (χ1) is 11.0. The van der Waals surface area contributed by atoms with Gasteiger partial charge in [0.05, 0.1) is 11.4 Å². The molecule has 3 aromatic rings. The molecule has 0 radical (unpaired) electrons. The number of benzene rings is 1. The lowest BCUT2D eigenvalue weighted by molar-refractivity contribution is -0.111. The van der Waals surface area contributed by atoms with Crippen LogP contribution in [-0.4, -0.2) is 15.3 Å². The molecule has 116 valence electrons. The van der Waals surface area contributed by atoms with Crippen molar-refractivity contribution in [3.8, 4) is 0 Å². The maximum absolute atomic E-state index is 13.5. The molecule has 7 heteroatoms. The molecule has 2 aromatic heterocycles. The van der Waals surface area contributed by atoms with E-state index < -0.39 is 17.5 Å². The van der Waals surface area contributed by atoms with E-state index in [1.807, 2.05) is 6.07 Å². The summed E-state index contributed by atoms with van der Waals surface area (Å²) in [6.45, 7) is 0. The predicted molar refractivity (Wildman–Crippen MR) is 84.2 cm³/mol. The highest BCUT2D eigenvalue weighted by Gasteiger charge is 2.09. The minimum absolute atomic E-state index is 0.106. The summed E-state index contributed by atoms with van der Waals surface area (Å²) in [5.74, 6) is -2.13. The van der Waals surface area contributed by atoms with Crippen molar-refractivity contribution >= 4 is 34.9 Å². The van der Waals surface area contributed by atoms with Crippen LogP contribution < -0.4 is 5.32 Å². The molecule has 0 spiro atoms. The Morgan fingerprint density at radius 1 is 1.26 bits per heavy atom. The average molecular weight is 334 g/mol. The molecule has 0 bridgehead atoms. The summed E-state index contributed by atoms with van der Waals surface area (Å²) in [6.07, 6.45) is 4.43. The summed E-state index contributed by atoms with van der Waals surface area (Å²) < 4.78 is 28.0. The first-order valence-corrected chi connectivity index (χ1v) is 6.99. The maximum atomic E-state index is 13.5. The quantitative estimate of drug-likeness (QED) is 0.738. The van der Waals surface area contributed by atoms with Crippen LogP contribution in [-0.2, 0) is 4.79 Å². The van der Waals surface area contributed by atoms with Crippen molar-refractivity contribution in [2.24, 2.45) is 0 Å². The van der Waals surface area contributed by atoms with Crippen LogP contribution in [0.2, 0.25) is 5.15 Å². The molecular weight excluding hydrogens is 324 g/mol. The van der Waals surface area contributed by atoms with Crippen LogP contribution in [0.15, 0.2) is 48.7 Å². The maximum Gasteiger partial charge on any atom is 0.248 e. The van der Waals surface area contributed by atoms with Crippen LogP contribution in [0.3, 0.4) is 0 Å². The zero-order chi connectivity index (χ0) is 16.4. The number of halogens is 3. The van der Waals surface area contributed by atoms with Gasteiger partial charge in [-0.1, -0.05) is 17.7 Å². The molecule has 1 aromatic carbocycles. The van der Waals surface area contributed by atoms with Crippen molar-refractivity contribution < 1.29 is 13.6 Å². The van der Waals surface area contributed by atoms with Crippen LogP contribution in [0.1, 0.15) is 5.69 Å². The van der Waals surface area contributed by atoms with Gasteiger partial charge in [-0.3, -0.25) is 9.20 Å². The van der Waals surface area contributed by atoms with Gasteiger partial charge in [-0.05, 0) is 30.3 Å². The van der Waals surface area contributed by atoms with Gasteiger partial charge in [-0.2, -0.15) is 0 Å². The summed E-state index contributed by atoms with van der Waals surface area (Å²) in [5, 5.41) is 2.57. The zero-order valence-corrected chi connectivity index (χ0v) is 12.4. The van der Waals surface area contributed by atoms with Crippen molar-refractivity contribution in [1.29, 1.82) is 0 Å². The number of pyridine rings is 1. The van der Waals surface area contributed by atoms with Crippen molar-refractivity contribution in [2.45, 2.75) is 0 Å². The Labute approximate surface area is 135 Å². The van der Waals surface area contributed by atoms with Gasteiger partial charge in [0.15, 0.2) is 5.15 Å². The number of nitrogens with zero attached hydrogens (tertiary/aromatic N) is 2. The number of imidazole rings is 1. The molecule has 1 amide bonds. The highest BCUT2D eigenvalue weighted by atomic mass is 35.5. The standard InChI is InChI=1S/C16H10ClF2N3O/c17-16-13(22-8-2-1-3-14(22)21-16)6-7-15(23)20-12-5-4-10(18)9-11(12)19/h1-9H,(H,20,23). The lowest BCUT2D eigenvalue weighted by Gasteiger charge is -2.03. The molecule has 0 fully saturated rings.